The van der Waals surface area contributed by atoms with Crippen LogP contribution in [0.4, 0.5) is 0 Å². The lowest BCUT2D eigenvalue weighted by Gasteiger charge is -2.05. The third-order valence-corrected chi connectivity index (χ3v) is 3.99. The smallest absolute Gasteiger partial charge is 0.0302 e. The van der Waals surface area contributed by atoms with Gasteiger partial charge in [-0.3, -0.25) is 0 Å². The standard InChI is InChI=1S/C14H16N2S/c1-2-14(17-5-1)10-15-7-11-3-4-12-8-16-9-13(12)6-11/h1-6,15-16H,7-10H2. The predicted molar refractivity (Wildman–Crippen MR) is 71.8 cm³/mol. The Kier molecular flexibility index (Phi) is 3.22. The molecule has 0 unspecified atom stereocenters. The highest BCUT2D eigenvalue weighted by atomic mass is 32.1. The van der Waals surface area contributed by atoms with Crippen LogP contribution in [0.2, 0.25) is 0 Å². The van der Waals surface area contributed by atoms with E-state index in [0.29, 0.717) is 0 Å². The van der Waals surface area contributed by atoms with Crippen molar-refractivity contribution in [3.63, 3.8) is 0 Å². The van der Waals surface area contributed by atoms with Gasteiger partial charge in [-0.05, 0) is 28.1 Å². The second-order valence-electron chi connectivity index (χ2n) is 4.39. The van der Waals surface area contributed by atoms with Crippen LogP contribution in [0.1, 0.15) is 21.6 Å². The van der Waals surface area contributed by atoms with Crippen LogP contribution >= 0.6 is 11.3 Å². The number of nitrogens with one attached hydrogen (secondary N) is 2. The van der Waals surface area contributed by atoms with Gasteiger partial charge in [-0.2, -0.15) is 0 Å². The molecule has 0 fully saturated rings. The molecule has 0 aliphatic carbocycles. The highest BCUT2D eigenvalue weighted by molar-refractivity contribution is 7.09. The molecular formula is C14H16N2S. The van der Waals surface area contributed by atoms with Gasteiger partial charge in [-0.1, -0.05) is 24.3 Å². The minimum Gasteiger partial charge on any atom is -0.309 e. The van der Waals surface area contributed by atoms with Crippen LogP contribution < -0.4 is 10.6 Å². The molecule has 3 rings (SSSR count). The summed E-state index contributed by atoms with van der Waals surface area (Å²) in [5.74, 6) is 0. The maximum atomic E-state index is 3.49. The summed E-state index contributed by atoms with van der Waals surface area (Å²) in [4.78, 5) is 1.40. The maximum Gasteiger partial charge on any atom is 0.0302 e. The molecular weight excluding hydrogens is 228 g/mol. The van der Waals surface area contributed by atoms with Crippen LogP contribution in [0, 0.1) is 0 Å². The molecule has 3 heteroatoms. The van der Waals surface area contributed by atoms with E-state index >= 15 is 0 Å². The summed E-state index contributed by atoms with van der Waals surface area (Å²) < 4.78 is 0. The molecule has 0 amide bonds. The van der Waals surface area contributed by atoms with E-state index in [1.54, 1.807) is 11.3 Å². The molecule has 2 N–H and O–H groups in total. The van der Waals surface area contributed by atoms with E-state index in [0.717, 1.165) is 26.2 Å². The summed E-state index contributed by atoms with van der Waals surface area (Å²) in [7, 11) is 0. The third-order valence-electron chi connectivity index (χ3n) is 3.11. The molecule has 0 saturated heterocycles. The molecule has 1 aromatic heterocycles. The Morgan fingerprint density at radius 3 is 2.94 bits per heavy atom. The SMILES string of the molecule is c1csc(CNCc2ccc3c(c2)CNC3)c1. The number of benzene rings is 1. The van der Waals surface area contributed by atoms with Gasteiger partial charge in [-0.25, -0.2) is 0 Å². The van der Waals surface area contributed by atoms with Crippen molar-refractivity contribution in [3.8, 4) is 0 Å². The fourth-order valence-electron chi connectivity index (χ4n) is 2.20. The summed E-state index contributed by atoms with van der Waals surface area (Å²) in [6, 6.07) is 11.1. The van der Waals surface area contributed by atoms with Gasteiger partial charge in [0.1, 0.15) is 0 Å². The second-order valence-corrected chi connectivity index (χ2v) is 5.42. The van der Waals surface area contributed by atoms with E-state index < -0.39 is 0 Å². The zero-order valence-electron chi connectivity index (χ0n) is 9.70. The van der Waals surface area contributed by atoms with Crippen LogP contribution in [0.15, 0.2) is 35.7 Å². The minimum absolute atomic E-state index is 0.950. The second kappa shape index (κ2) is 5.00. The number of hydrogen-bond donors (Lipinski definition) is 2. The highest BCUT2D eigenvalue weighted by Gasteiger charge is 2.09. The van der Waals surface area contributed by atoms with Gasteiger partial charge in [0.05, 0.1) is 0 Å². The average molecular weight is 244 g/mol. The Hall–Kier alpha value is -1.16. The van der Waals surface area contributed by atoms with E-state index in [-0.39, 0.29) is 0 Å². The molecule has 2 heterocycles. The van der Waals surface area contributed by atoms with E-state index in [1.165, 1.54) is 21.6 Å². The molecule has 1 aromatic carbocycles. The van der Waals surface area contributed by atoms with Gasteiger partial charge < -0.3 is 10.6 Å². The summed E-state index contributed by atoms with van der Waals surface area (Å²) in [5.41, 5.74) is 4.29. The molecule has 1 aliphatic rings. The first kappa shape index (κ1) is 11.0. The normalized spacial score (nSPS) is 13.9. The van der Waals surface area contributed by atoms with Crippen molar-refractivity contribution >= 4 is 11.3 Å². The molecule has 88 valence electrons. The minimum atomic E-state index is 0.950. The van der Waals surface area contributed by atoms with Crippen molar-refractivity contribution in [1.82, 2.24) is 10.6 Å². The van der Waals surface area contributed by atoms with Gasteiger partial charge >= 0.3 is 0 Å². The fourth-order valence-corrected chi connectivity index (χ4v) is 2.88. The zero-order valence-corrected chi connectivity index (χ0v) is 10.5. The van der Waals surface area contributed by atoms with Crippen molar-refractivity contribution in [2.45, 2.75) is 26.2 Å². The fraction of sp³-hybridized carbons (Fsp3) is 0.286. The number of rotatable bonds is 4. The van der Waals surface area contributed by atoms with E-state index in [2.05, 4.69) is 46.3 Å². The van der Waals surface area contributed by atoms with E-state index in [9.17, 15) is 0 Å². The maximum absolute atomic E-state index is 3.49. The average Bonchev–Trinajstić information content (AvgIpc) is 2.98. The Labute approximate surface area is 106 Å². The predicted octanol–water partition coefficient (Wildman–Crippen LogP) is 2.64. The van der Waals surface area contributed by atoms with Gasteiger partial charge in [-0.15, -0.1) is 11.3 Å². The Bertz CT molecular complexity index is 491. The first-order valence-electron chi connectivity index (χ1n) is 5.96. The Balaban J connectivity index is 1.58. The largest absolute Gasteiger partial charge is 0.309 e. The van der Waals surface area contributed by atoms with Crippen molar-refractivity contribution in [2.24, 2.45) is 0 Å². The lowest BCUT2D eigenvalue weighted by molar-refractivity contribution is 0.700. The summed E-state index contributed by atoms with van der Waals surface area (Å²) >= 11 is 1.81. The summed E-state index contributed by atoms with van der Waals surface area (Å²) in [6.07, 6.45) is 0. The molecule has 0 spiro atoms. The molecule has 0 radical (unpaired) electrons. The van der Waals surface area contributed by atoms with Crippen LogP contribution in [0.25, 0.3) is 0 Å². The van der Waals surface area contributed by atoms with Gasteiger partial charge in [0.25, 0.3) is 0 Å². The van der Waals surface area contributed by atoms with Crippen LogP contribution in [-0.4, -0.2) is 0 Å². The highest BCUT2D eigenvalue weighted by Crippen LogP contribution is 2.17. The lowest BCUT2D eigenvalue weighted by Crippen LogP contribution is -2.11. The van der Waals surface area contributed by atoms with Crippen molar-refractivity contribution < 1.29 is 0 Å². The van der Waals surface area contributed by atoms with Gasteiger partial charge in [0, 0.05) is 31.1 Å². The summed E-state index contributed by atoms with van der Waals surface area (Å²) in [6.45, 7) is 3.96. The third kappa shape index (κ3) is 2.57. The molecule has 2 nitrogen and oxygen atoms in total. The van der Waals surface area contributed by atoms with Crippen molar-refractivity contribution in [3.05, 3.63) is 57.3 Å². The quantitative estimate of drug-likeness (QED) is 0.864. The van der Waals surface area contributed by atoms with E-state index in [4.69, 9.17) is 0 Å². The van der Waals surface area contributed by atoms with Crippen molar-refractivity contribution in [1.29, 1.82) is 0 Å². The summed E-state index contributed by atoms with van der Waals surface area (Å²) in [5, 5.41) is 8.98. The molecule has 1 aliphatic heterocycles. The van der Waals surface area contributed by atoms with Crippen molar-refractivity contribution in [2.75, 3.05) is 0 Å². The Morgan fingerprint density at radius 2 is 2.06 bits per heavy atom. The topological polar surface area (TPSA) is 24.1 Å². The van der Waals surface area contributed by atoms with Gasteiger partial charge in [0.15, 0.2) is 0 Å². The zero-order chi connectivity index (χ0) is 11.5. The van der Waals surface area contributed by atoms with Crippen LogP contribution in [-0.2, 0) is 26.2 Å². The molecule has 0 bridgehead atoms. The first-order chi connectivity index (χ1) is 8.42. The first-order valence-corrected chi connectivity index (χ1v) is 6.84. The van der Waals surface area contributed by atoms with Crippen LogP contribution in [0.5, 0.6) is 0 Å². The van der Waals surface area contributed by atoms with E-state index in [1.807, 2.05) is 0 Å². The molecule has 2 aromatic rings. The number of thiophene rings is 1. The number of hydrogen-bond acceptors (Lipinski definition) is 3. The van der Waals surface area contributed by atoms with Gasteiger partial charge in [0.2, 0.25) is 0 Å². The number of fused-ring (bicyclic) bond motifs is 1. The molecule has 17 heavy (non-hydrogen) atoms. The monoisotopic (exact) mass is 244 g/mol. The Morgan fingerprint density at radius 1 is 1.12 bits per heavy atom. The van der Waals surface area contributed by atoms with Crippen LogP contribution in [0.3, 0.4) is 0 Å². The molecule has 0 atom stereocenters. The molecule has 0 saturated carbocycles. The lowest BCUT2D eigenvalue weighted by atomic mass is 10.1.